The van der Waals surface area contributed by atoms with Gasteiger partial charge in [-0.15, -0.1) is 0 Å². The van der Waals surface area contributed by atoms with Gasteiger partial charge in [-0.2, -0.15) is 0 Å². The molecular weight excluding hydrogens is 331 g/mol. The molecule has 1 aliphatic heterocycles. The topological polar surface area (TPSA) is 39.7 Å². The van der Waals surface area contributed by atoms with Crippen LogP contribution in [0.4, 0.5) is 0 Å². The molecule has 0 aromatic heterocycles. The summed E-state index contributed by atoms with van der Waals surface area (Å²) in [5.74, 6) is 1.53. The molecule has 1 saturated heterocycles. The Morgan fingerprint density at radius 2 is 2.13 bits per heavy atom. The van der Waals surface area contributed by atoms with Crippen LogP contribution in [0.1, 0.15) is 25.8 Å². The molecule has 0 radical (unpaired) electrons. The van der Waals surface area contributed by atoms with E-state index in [4.69, 9.17) is 23.2 Å². The van der Waals surface area contributed by atoms with Gasteiger partial charge in [0.25, 0.3) is 0 Å². The van der Waals surface area contributed by atoms with Crippen LogP contribution in [0.2, 0.25) is 10.0 Å². The number of guanidine groups is 1. The first-order chi connectivity index (χ1) is 11.1. The van der Waals surface area contributed by atoms with Crippen LogP contribution in [0.5, 0.6) is 0 Å². The standard InChI is InChI=1S/C17H26Cl2N4/c1-3-20-17(21-10-13-7-8-23(4-2)12-13)22-11-14-5-6-15(18)9-16(14)19/h5-6,9,13H,3-4,7-8,10-12H2,1-2H3,(H2,20,21,22). The Bertz CT molecular complexity index is 533. The van der Waals surface area contributed by atoms with E-state index in [-0.39, 0.29) is 0 Å². The number of rotatable bonds is 6. The Morgan fingerprint density at radius 1 is 1.30 bits per heavy atom. The summed E-state index contributed by atoms with van der Waals surface area (Å²) in [6.45, 7) is 10.1. The van der Waals surface area contributed by atoms with Gasteiger partial charge >= 0.3 is 0 Å². The molecule has 2 N–H and O–H groups in total. The molecule has 1 fully saturated rings. The van der Waals surface area contributed by atoms with Crippen molar-refractivity contribution in [2.75, 3.05) is 32.7 Å². The molecule has 23 heavy (non-hydrogen) atoms. The maximum absolute atomic E-state index is 6.20. The molecule has 1 aromatic carbocycles. The first-order valence-corrected chi connectivity index (χ1v) is 9.06. The van der Waals surface area contributed by atoms with Crippen LogP contribution in [-0.4, -0.2) is 43.6 Å². The zero-order valence-corrected chi connectivity index (χ0v) is 15.4. The normalized spacial score (nSPS) is 19.1. The van der Waals surface area contributed by atoms with Gasteiger partial charge in [-0.3, -0.25) is 0 Å². The Hall–Kier alpha value is -0.970. The van der Waals surface area contributed by atoms with Crippen LogP contribution < -0.4 is 10.6 Å². The number of benzene rings is 1. The fraction of sp³-hybridized carbons (Fsp3) is 0.588. The van der Waals surface area contributed by atoms with Crippen LogP contribution in [0, 0.1) is 5.92 Å². The molecular formula is C17H26Cl2N4. The van der Waals surface area contributed by atoms with Gasteiger partial charge in [0.2, 0.25) is 0 Å². The highest BCUT2D eigenvalue weighted by atomic mass is 35.5. The summed E-state index contributed by atoms with van der Waals surface area (Å²) in [6, 6.07) is 5.52. The van der Waals surface area contributed by atoms with Crippen LogP contribution in [0.15, 0.2) is 23.2 Å². The molecule has 0 spiro atoms. The number of hydrogen-bond donors (Lipinski definition) is 2. The molecule has 1 atom stereocenters. The zero-order valence-electron chi connectivity index (χ0n) is 13.9. The van der Waals surface area contributed by atoms with Crippen molar-refractivity contribution in [2.24, 2.45) is 10.9 Å². The average molecular weight is 357 g/mol. The predicted octanol–water partition coefficient (Wildman–Crippen LogP) is 3.39. The minimum Gasteiger partial charge on any atom is -0.357 e. The van der Waals surface area contributed by atoms with Gasteiger partial charge in [-0.05, 0) is 50.0 Å². The third-order valence-corrected chi connectivity index (χ3v) is 4.73. The van der Waals surface area contributed by atoms with E-state index in [1.807, 2.05) is 12.1 Å². The highest BCUT2D eigenvalue weighted by molar-refractivity contribution is 6.35. The number of hydrogen-bond acceptors (Lipinski definition) is 2. The van der Waals surface area contributed by atoms with Gasteiger partial charge < -0.3 is 15.5 Å². The number of likely N-dealkylation sites (tertiary alicyclic amines) is 1. The van der Waals surface area contributed by atoms with Gasteiger partial charge in [-0.25, -0.2) is 4.99 Å². The van der Waals surface area contributed by atoms with Crippen molar-refractivity contribution in [1.82, 2.24) is 15.5 Å². The molecule has 1 unspecified atom stereocenters. The Balaban J connectivity index is 1.89. The van der Waals surface area contributed by atoms with Crippen LogP contribution in [0.3, 0.4) is 0 Å². The van der Waals surface area contributed by atoms with Crippen molar-refractivity contribution in [3.05, 3.63) is 33.8 Å². The molecule has 1 aromatic rings. The van der Waals surface area contributed by atoms with E-state index in [0.29, 0.717) is 22.5 Å². The second-order valence-corrected chi connectivity index (χ2v) is 6.70. The van der Waals surface area contributed by atoms with E-state index in [2.05, 4.69) is 34.4 Å². The van der Waals surface area contributed by atoms with E-state index in [1.165, 1.54) is 19.5 Å². The van der Waals surface area contributed by atoms with Crippen molar-refractivity contribution >= 4 is 29.2 Å². The fourth-order valence-electron chi connectivity index (χ4n) is 2.76. The third-order valence-electron chi connectivity index (χ3n) is 4.14. The first-order valence-electron chi connectivity index (χ1n) is 8.30. The summed E-state index contributed by atoms with van der Waals surface area (Å²) >= 11 is 12.1. The van der Waals surface area contributed by atoms with Crippen molar-refractivity contribution < 1.29 is 0 Å². The molecule has 6 heteroatoms. The molecule has 1 aliphatic rings. The number of nitrogens with one attached hydrogen (secondary N) is 2. The maximum atomic E-state index is 6.20. The molecule has 128 valence electrons. The molecule has 0 aliphatic carbocycles. The Morgan fingerprint density at radius 3 is 2.78 bits per heavy atom. The predicted molar refractivity (Wildman–Crippen MR) is 99.5 cm³/mol. The van der Waals surface area contributed by atoms with E-state index in [0.717, 1.165) is 31.2 Å². The number of nitrogens with zero attached hydrogens (tertiary/aromatic N) is 2. The van der Waals surface area contributed by atoms with Gasteiger partial charge in [0, 0.05) is 29.7 Å². The van der Waals surface area contributed by atoms with E-state index < -0.39 is 0 Å². The van der Waals surface area contributed by atoms with Gasteiger partial charge in [0.05, 0.1) is 6.54 Å². The number of halogens is 2. The average Bonchev–Trinajstić information content (AvgIpc) is 2.99. The minimum atomic E-state index is 0.539. The molecule has 4 nitrogen and oxygen atoms in total. The maximum Gasteiger partial charge on any atom is 0.191 e. The minimum absolute atomic E-state index is 0.539. The smallest absolute Gasteiger partial charge is 0.191 e. The highest BCUT2D eigenvalue weighted by Crippen LogP contribution is 2.21. The first kappa shape index (κ1) is 18.4. The second kappa shape index (κ2) is 9.36. The van der Waals surface area contributed by atoms with Gasteiger partial charge in [0.1, 0.15) is 0 Å². The van der Waals surface area contributed by atoms with Crippen molar-refractivity contribution in [3.63, 3.8) is 0 Å². The summed E-state index contributed by atoms with van der Waals surface area (Å²) in [5, 5.41) is 8.05. The van der Waals surface area contributed by atoms with Crippen molar-refractivity contribution in [3.8, 4) is 0 Å². The molecule has 1 heterocycles. The van der Waals surface area contributed by atoms with E-state index in [9.17, 15) is 0 Å². The lowest BCUT2D eigenvalue weighted by molar-refractivity contribution is 0.342. The quantitative estimate of drug-likeness (QED) is 0.606. The van der Waals surface area contributed by atoms with Gasteiger partial charge in [-0.1, -0.05) is 36.2 Å². The number of aliphatic imine (C=N–C) groups is 1. The molecule has 0 saturated carbocycles. The van der Waals surface area contributed by atoms with Crippen LogP contribution >= 0.6 is 23.2 Å². The Kier molecular flexibility index (Phi) is 7.47. The van der Waals surface area contributed by atoms with Crippen molar-refractivity contribution in [1.29, 1.82) is 0 Å². The zero-order chi connectivity index (χ0) is 16.7. The summed E-state index contributed by atoms with van der Waals surface area (Å²) in [4.78, 5) is 7.12. The van der Waals surface area contributed by atoms with Crippen LogP contribution in [-0.2, 0) is 6.54 Å². The molecule has 0 bridgehead atoms. The summed E-state index contributed by atoms with van der Waals surface area (Å²) in [7, 11) is 0. The lowest BCUT2D eigenvalue weighted by Crippen LogP contribution is -2.40. The summed E-state index contributed by atoms with van der Waals surface area (Å²) in [5.41, 5.74) is 0.978. The van der Waals surface area contributed by atoms with E-state index >= 15 is 0 Å². The fourth-order valence-corrected chi connectivity index (χ4v) is 3.23. The largest absolute Gasteiger partial charge is 0.357 e. The SMILES string of the molecule is CCNC(=NCc1ccc(Cl)cc1Cl)NCC1CCN(CC)C1. The Labute approximate surface area is 149 Å². The van der Waals surface area contributed by atoms with Crippen molar-refractivity contribution in [2.45, 2.75) is 26.8 Å². The molecule has 2 rings (SSSR count). The van der Waals surface area contributed by atoms with Crippen LogP contribution in [0.25, 0.3) is 0 Å². The third kappa shape index (κ3) is 5.87. The second-order valence-electron chi connectivity index (χ2n) is 5.86. The van der Waals surface area contributed by atoms with Gasteiger partial charge in [0.15, 0.2) is 5.96 Å². The lowest BCUT2D eigenvalue weighted by Gasteiger charge is -2.16. The lowest BCUT2D eigenvalue weighted by atomic mass is 10.1. The highest BCUT2D eigenvalue weighted by Gasteiger charge is 2.20. The monoisotopic (exact) mass is 356 g/mol. The summed E-state index contributed by atoms with van der Waals surface area (Å²) < 4.78 is 0. The van der Waals surface area contributed by atoms with E-state index in [1.54, 1.807) is 6.07 Å². The molecule has 0 amide bonds. The summed E-state index contributed by atoms with van der Waals surface area (Å²) in [6.07, 6.45) is 1.25.